The van der Waals surface area contributed by atoms with E-state index < -0.39 is 5.96 Å². The number of hydrogen-bond donors (Lipinski definition) is 0. The van der Waals surface area contributed by atoms with E-state index in [0.717, 1.165) is 0 Å². The summed E-state index contributed by atoms with van der Waals surface area (Å²) in [6, 6.07) is 0. The molecule has 0 bridgehead atoms. The van der Waals surface area contributed by atoms with Crippen molar-refractivity contribution in [1.29, 1.82) is 0 Å². The molecular formula is C24H52ClP. The molecule has 0 aromatic heterocycles. The first kappa shape index (κ1) is 26.7. The van der Waals surface area contributed by atoms with Crippen molar-refractivity contribution in [2.75, 3.05) is 24.6 Å². The van der Waals surface area contributed by atoms with Crippen LogP contribution >= 0.6 is 17.2 Å². The third-order valence-corrected chi connectivity index (χ3v) is 14.0. The first-order valence-electron chi connectivity index (χ1n) is 12.3. The van der Waals surface area contributed by atoms with Crippen LogP contribution in [0.1, 0.15) is 130 Å². The van der Waals surface area contributed by atoms with Gasteiger partial charge in [0.2, 0.25) is 0 Å². The summed E-state index contributed by atoms with van der Waals surface area (Å²) in [5.74, 6) is -2.01. The minimum absolute atomic E-state index is 1.34. The van der Waals surface area contributed by atoms with Gasteiger partial charge in [-0.05, 0) is 0 Å². The van der Waals surface area contributed by atoms with E-state index in [9.17, 15) is 0 Å². The predicted octanol–water partition coefficient (Wildman–Crippen LogP) is 10.0. The normalized spacial score (nSPS) is 13.7. The molecule has 0 fully saturated rings. The van der Waals surface area contributed by atoms with Gasteiger partial charge in [-0.15, -0.1) is 0 Å². The van der Waals surface area contributed by atoms with Crippen LogP contribution in [0.3, 0.4) is 0 Å². The first-order chi connectivity index (χ1) is 12.5. The van der Waals surface area contributed by atoms with Gasteiger partial charge in [-0.25, -0.2) is 0 Å². The number of rotatable bonds is 20. The fraction of sp³-hybridized carbons (Fsp3) is 1.00. The summed E-state index contributed by atoms with van der Waals surface area (Å²) in [6.45, 7) is 9.28. The van der Waals surface area contributed by atoms with Gasteiger partial charge in [-0.3, -0.25) is 0 Å². The van der Waals surface area contributed by atoms with E-state index in [-0.39, 0.29) is 0 Å². The van der Waals surface area contributed by atoms with Crippen LogP contribution in [-0.2, 0) is 0 Å². The van der Waals surface area contributed by atoms with Crippen LogP contribution in [0.5, 0.6) is 0 Å². The summed E-state index contributed by atoms with van der Waals surface area (Å²) >= 11 is 7.84. The zero-order valence-corrected chi connectivity index (χ0v) is 20.6. The molecule has 0 saturated heterocycles. The van der Waals surface area contributed by atoms with Crippen LogP contribution < -0.4 is 0 Å². The number of unbranched alkanes of at least 4 members (excludes halogenated alkanes) is 12. The van der Waals surface area contributed by atoms with Gasteiger partial charge in [-0.2, -0.15) is 0 Å². The van der Waals surface area contributed by atoms with Crippen molar-refractivity contribution in [2.45, 2.75) is 130 Å². The minimum atomic E-state index is -2.01. The Hall–Kier alpha value is 0.720. The zero-order valence-electron chi connectivity index (χ0n) is 19.0. The molecule has 2 heteroatoms. The molecule has 0 aromatic carbocycles. The van der Waals surface area contributed by atoms with Crippen LogP contribution in [0.4, 0.5) is 0 Å². The quantitative estimate of drug-likeness (QED) is 0.139. The second-order valence-corrected chi connectivity index (χ2v) is 17.3. The van der Waals surface area contributed by atoms with Crippen molar-refractivity contribution >= 4 is 17.2 Å². The van der Waals surface area contributed by atoms with Crippen molar-refractivity contribution < 1.29 is 0 Å². The summed E-state index contributed by atoms with van der Waals surface area (Å²) < 4.78 is 0. The summed E-state index contributed by atoms with van der Waals surface area (Å²) in [4.78, 5) is 0. The molecule has 0 atom stereocenters. The molecule has 0 rings (SSSR count). The maximum atomic E-state index is 7.84. The average Bonchev–Trinajstić information content (AvgIpc) is 2.64. The van der Waals surface area contributed by atoms with Gasteiger partial charge in [0.05, 0.1) is 0 Å². The molecule has 0 saturated carbocycles. The summed E-state index contributed by atoms with van der Waals surface area (Å²) in [7, 11) is 0. The van der Waals surface area contributed by atoms with Crippen molar-refractivity contribution in [3.05, 3.63) is 0 Å². The van der Waals surface area contributed by atoms with Crippen molar-refractivity contribution in [1.82, 2.24) is 0 Å². The Kier molecular flexibility index (Phi) is 17.1. The van der Waals surface area contributed by atoms with E-state index in [0.29, 0.717) is 0 Å². The fourth-order valence-corrected chi connectivity index (χ4v) is 11.2. The van der Waals surface area contributed by atoms with Gasteiger partial charge < -0.3 is 0 Å². The van der Waals surface area contributed by atoms with Gasteiger partial charge >= 0.3 is 172 Å². The maximum absolute atomic E-state index is 7.84. The first-order valence-corrected chi connectivity index (χ1v) is 16.1. The average molecular weight is 407 g/mol. The van der Waals surface area contributed by atoms with Crippen molar-refractivity contribution in [3.63, 3.8) is 0 Å². The molecule has 0 nitrogen and oxygen atoms in total. The summed E-state index contributed by atoms with van der Waals surface area (Å²) in [5, 5.41) is 0. The Balaban J connectivity index is 4.94. The molecular weight excluding hydrogens is 355 g/mol. The molecule has 0 radical (unpaired) electrons. The molecule has 0 N–H and O–H groups in total. The van der Waals surface area contributed by atoms with E-state index in [1.165, 1.54) is 127 Å². The van der Waals surface area contributed by atoms with Gasteiger partial charge in [0.1, 0.15) is 0 Å². The number of hydrogen-bond acceptors (Lipinski definition) is 0. The summed E-state index contributed by atoms with van der Waals surface area (Å²) in [5.41, 5.74) is 0. The van der Waals surface area contributed by atoms with Crippen LogP contribution in [0.2, 0.25) is 0 Å². The zero-order chi connectivity index (χ0) is 19.6. The van der Waals surface area contributed by atoms with Crippen LogP contribution in [-0.4, -0.2) is 24.6 Å². The van der Waals surface area contributed by atoms with Crippen molar-refractivity contribution in [3.8, 4) is 0 Å². The monoisotopic (exact) mass is 406 g/mol. The second-order valence-electron chi connectivity index (χ2n) is 8.96. The standard InChI is InChI=1S/C24H52ClP/c1-5-9-13-17-21-26(25,22-18-14-10-6-2,23-19-15-11-7-3)24-20-16-12-8-4/h5-24H2,1-4H3. The van der Waals surface area contributed by atoms with Crippen LogP contribution in [0, 0.1) is 0 Å². The topological polar surface area (TPSA) is 0 Å². The van der Waals surface area contributed by atoms with Gasteiger partial charge in [0.15, 0.2) is 0 Å². The van der Waals surface area contributed by atoms with E-state index in [2.05, 4.69) is 27.7 Å². The van der Waals surface area contributed by atoms with E-state index in [4.69, 9.17) is 11.2 Å². The Labute approximate surface area is 172 Å². The Morgan fingerprint density at radius 2 is 0.615 bits per heavy atom. The second kappa shape index (κ2) is 16.7. The van der Waals surface area contributed by atoms with Gasteiger partial charge in [0, 0.05) is 0 Å². The Morgan fingerprint density at radius 1 is 0.385 bits per heavy atom. The Morgan fingerprint density at radius 3 is 0.808 bits per heavy atom. The third-order valence-electron chi connectivity index (χ3n) is 6.28. The molecule has 0 spiro atoms. The molecule has 160 valence electrons. The molecule has 26 heavy (non-hydrogen) atoms. The molecule has 0 aliphatic carbocycles. The number of halogens is 1. The Bertz CT molecular complexity index is 243. The summed E-state index contributed by atoms with van der Waals surface area (Å²) in [6.07, 6.45) is 27.6. The molecule has 0 aliphatic rings. The third kappa shape index (κ3) is 13.0. The van der Waals surface area contributed by atoms with Crippen LogP contribution in [0.25, 0.3) is 0 Å². The molecule has 0 heterocycles. The molecule has 0 aromatic rings. The van der Waals surface area contributed by atoms with Crippen LogP contribution in [0.15, 0.2) is 0 Å². The fourth-order valence-electron chi connectivity index (χ4n) is 4.41. The molecule has 0 unspecified atom stereocenters. The predicted molar refractivity (Wildman–Crippen MR) is 129 cm³/mol. The van der Waals surface area contributed by atoms with Gasteiger partial charge in [-0.1, -0.05) is 0 Å². The SMILES string of the molecule is CCCCCCP(Cl)(CCCCCC)(CCCCCC)CCCCCC. The van der Waals surface area contributed by atoms with E-state index >= 15 is 0 Å². The van der Waals surface area contributed by atoms with Crippen molar-refractivity contribution in [2.24, 2.45) is 0 Å². The van der Waals surface area contributed by atoms with Gasteiger partial charge in [0.25, 0.3) is 0 Å². The molecule has 0 aliphatic heterocycles. The molecule has 0 amide bonds. The van der Waals surface area contributed by atoms with E-state index in [1.54, 1.807) is 0 Å². The van der Waals surface area contributed by atoms with E-state index in [1.807, 2.05) is 0 Å².